The first-order valence-electron chi connectivity index (χ1n) is 25.9. The molecule has 4 aliphatic heterocycles. The fourth-order valence-corrected chi connectivity index (χ4v) is 11.4. The summed E-state index contributed by atoms with van der Waals surface area (Å²) in [5.41, 5.74) is 0.715. The van der Waals surface area contributed by atoms with Gasteiger partial charge in [-0.2, -0.15) is 0 Å². The predicted molar refractivity (Wildman–Crippen MR) is 287 cm³/mol. The molecule has 79 heavy (non-hydrogen) atoms. The molecular weight excluding hydrogens is 1010 g/mol. The van der Waals surface area contributed by atoms with Gasteiger partial charge in [-0.3, -0.25) is 28.9 Å². The molecule has 410 valence electrons. The second-order valence-electron chi connectivity index (χ2n) is 19.7. The molecule has 19 nitrogen and oxygen atoms in total. The third kappa shape index (κ3) is 10.5. The number of hydrogen-bond donors (Lipinski definition) is 3. The van der Waals surface area contributed by atoms with Crippen LogP contribution in [0.2, 0.25) is 0 Å². The highest BCUT2D eigenvalue weighted by molar-refractivity contribution is 6.25. The number of methoxy groups -OCH3 is 3. The lowest BCUT2D eigenvalue weighted by atomic mass is 9.65. The Morgan fingerprint density at radius 2 is 1.41 bits per heavy atom. The van der Waals surface area contributed by atoms with Crippen molar-refractivity contribution in [3.05, 3.63) is 155 Å². The molecule has 3 fully saturated rings. The van der Waals surface area contributed by atoms with Gasteiger partial charge in [-0.05, 0) is 71.1 Å². The minimum atomic E-state index is -2.32. The van der Waals surface area contributed by atoms with Crippen molar-refractivity contribution < 1.29 is 67.1 Å². The topological polar surface area (TPSA) is 229 Å². The number of esters is 4. The zero-order chi connectivity index (χ0) is 56.0. The Hall–Kier alpha value is -8.57. The number of morpholine rings is 2. The monoisotopic (exact) mass is 1080 g/mol. The molecule has 4 heterocycles. The van der Waals surface area contributed by atoms with Gasteiger partial charge in [-0.15, -0.1) is 0 Å². The molecule has 0 aliphatic carbocycles. The molecule has 0 bridgehead atoms. The fourth-order valence-electron chi connectivity index (χ4n) is 11.4. The van der Waals surface area contributed by atoms with Crippen molar-refractivity contribution >= 4 is 58.8 Å². The third-order valence-corrected chi connectivity index (χ3v) is 14.9. The van der Waals surface area contributed by atoms with Crippen LogP contribution in [0, 0.1) is 29.6 Å². The highest BCUT2D eigenvalue weighted by atomic mass is 16.6. The van der Waals surface area contributed by atoms with E-state index in [9.17, 15) is 19.5 Å². The van der Waals surface area contributed by atoms with Crippen LogP contribution < -0.4 is 25.2 Å². The second-order valence-corrected chi connectivity index (χ2v) is 19.7. The summed E-state index contributed by atoms with van der Waals surface area (Å²) in [7, 11) is 3.44. The molecule has 4 amide bonds. The van der Waals surface area contributed by atoms with E-state index in [1.54, 1.807) is 56.3 Å². The molecule has 7 atom stereocenters. The fraction of sp³-hybridized carbons (Fsp3) is 0.350. The number of hydrogen-bond acceptors (Lipinski definition) is 16. The molecule has 0 aromatic heterocycles. The van der Waals surface area contributed by atoms with Crippen molar-refractivity contribution in [2.45, 2.75) is 56.0 Å². The number of nitrogens with one attached hydrogen (secondary N) is 2. The Morgan fingerprint density at radius 3 is 2.04 bits per heavy atom. The van der Waals surface area contributed by atoms with E-state index in [1.165, 1.54) is 19.2 Å². The van der Waals surface area contributed by atoms with Crippen molar-refractivity contribution in [1.82, 2.24) is 10.2 Å². The van der Waals surface area contributed by atoms with E-state index in [-0.39, 0.29) is 35.6 Å². The number of carbonyl (C=O) groups is 7. The van der Waals surface area contributed by atoms with Gasteiger partial charge in [0.25, 0.3) is 0 Å². The van der Waals surface area contributed by atoms with Crippen LogP contribution >= 0.6 is 0 Å². The van der Waals surface area contributed by atoms with Crippen LogP contribution in [0.25, 0.3) is 0 Å². The number of nitrogens with zero attached hydrogens (tertiary/aromatic N) is 3. The standard InChI is InChI=1S/C60H61N5O14/c1-36(2)48(56(70)76-5)62-59(73)64-45-28-23-37(15-14-21-43(54(68)74-3)55(69)75-4)35-44(45)60(58(64)72)47(53(67)61-40-24-26-41(27-25-40)63-29-32-77-33-30-63)50-57(71)79-51(39-18-10-7-11-19-39)49(38-16-8-6-9-17-38)65(50)52(60)42-20-12-13-22-46(42)78-34-31-66/h6-13,16-20,22-28,35-36,43,47-52,66H,21,29-34H2,1-5H3,(H,61,67)(H,62,73). The van der Waals surface area contributed by atoms with Crippen LogP contribution in [0.1, 0.15) is 66.3 Å². The first kappa shape index (κ1) is 55.2. The molecule has 4 aliphatic rings. The number of anilines is 3. The highest BCUT2D eigenvalue weighted by Gasteiger charge is 2.76. The number of fused-ring (bicyclic) bond motifs is 3. The maximum absolute atomic E-state index is 16.9. The first-order chi connectivity index (χ1) is 38.3. The quantitative estimate of drug-likeness (QED) is 0.0486. The van der Waals surface area contributed by atoms with E-state index in [0.717, 1.165) is 24.8 Å². The van der Waals surface area contributed by atoms with Gasteiger partial charge >= 0.3 is 29.9 Å². The minimum absolute atomic E-state index is 0.0158. The lowest BCUT2D eigenvalue weighted by Gasteiger charge is -2.46. The van der Waals surface area contributed by atoms with Crippen molar-refractivity contribution in [3.8, 4) is 17.6 Å². The Balaban J connectivity index is 1.34. The normalized spacial score (nSPS) is 21.7. The molecule has 0 saturated carbocycles. The van der Waals surface area contributed by atoms with Gasteiger partial charge in [-0.25, -0.2) is 14.5 Å². The number of carbonyl (C=O) groups excluding carboxylic acids is 7. The molecule has 3 N–H and O–H groups in total. The average Bonchev–Trinajstić information content (AvgIpc) is 3.86. The zero-order valence-corrected chi connectivity index (χ0v) is 44.3. The van der Waals surface area contributed by atoms with Gasteiger partial charge in [-0.1, -0.05) is 105 Å². The van der Waals surface area contributed by atoms with E-state index in [2.05, 4.69) is 27.4 Å². The van der Waals surface area contributed by atoms with Crippen molar-refractivity contribution in [3.63, 3.8) is 0 Å². The SMILES string of the molecule is COC(=O)C(CC#Cc1ccc2c(c1)C1(C(=O)N2C(=O)NC(C(=O)OC)C(C)C)C(C(=O)Nc2ccc(N3CCOCC3)cc2)C2C(=O)OC(c3ccccc3)C(c3ccccc3)N2C1c1ccccc1OCCO)C(=O)OC. The summed E-state index contributed by atoms with van der Waals surface area (Å²) >= 11 is 0. The number of amides is 4. The maximum Gasteiger partial charge on any atom is 0.329 e. The first-order valence-corrected chi connectivity index (χ1v) is 25.9. The maximum atomic E-state index is 16.9. The van der Waals surface area contributed by atoms with Crippen LogP contribution in [0.3, 0.4) is 0 Å². The van der Waals surface area contributed by atoms with Gasteiger partial charge < -0.3 is 49.1 Å². The van der Waals surface area contributed by atoms with Crippen molar-refractivity contribution in [2.24, 2.45) is 17.8 Å². The van der Waals surface area contributed by atoms with Gasteiger partial charge in [0.05, 0.1) is 64.8 Å². The summed E-state index contributed by atoms with van der Waals surface area (Å²) in [4.78, 5) is 108. The summed E-state index contributed by atoms with van der Waals surface area (Å²) in [6.07, 6.45) is -1.39. The smallest absolute Gasteiger partial charge is 0.329 e. The third-order valence-electron chi connectivity index (χ3n) is 14.9. The number of ether oxygens (including phenoxy) is 6. The second kappa shape index (κ2) is 24.0. The number of aliphatic hydroxyl groups is 1. The molecular formula is C60H61N5O14. The Morgan fingerprint density at radius 1 is 0.772 bits per heavy atom. The summed E-state index contributed by atoms with van der Waals surface area (Å²) in [6, 6.07) is 30.6. The number of rotatable bonds is 15. The predicted octanol–water partition coefficient (Wildman–Crippen LogP) is 5.81. The molecule has 0 radical (unpaired) electrons. The van der Waals surface area contributed by atoms with Crippen LogP contribution in [0.4, 0.5) is 21.9 Å². The number of benzene rings is 5. The Labute approximate surface area is 457 Å². The van der Waals surface area contributed by atoms with Gasteiger partial charge in [0.2, 0.25) is 11.8 Å². The van der Waals surface area contributed by atoms with Crippen LogP contribution in [0.5, 0.6) is 5.75 Å². The molecule has 9 rings (SSSR count). The molecule has 7 unspecified atom stereocenters. The molecule has 3 saturated heterocycles. The molecule has 19 heteroatoms. The number of cyclic esters (lactones) is 1. The van der Waals surface area contributed by atoms with E-state index in [1.807, 2.05) is 77.7 Å². The Bertz CT molecular complexity index is 3140. The summed E-state index contributed by atoms with van der Waals surface area (Å²) < 4.78 is 33.4. The van der Waals surface area contributed by atoms with E-state index < -0.39 is 102 Å². The largest absolute Gasteiger partial charge is 0.491 e. The van der Waals surface area contributed by atoms with E-state index in [4.69, 9.17) is 28.4 Å². The Kier molecular flexibility index (Phi) is 16.8. The highest BCUT2D eigenvalue weighted by Crippen LogP contribution is 2.66. The van der Waals surface area contributed by atoms with Crippen LogP contribution in [-0.4, -0.2) is 125 Å². The summed E-state index contributed by atoms with van der Waals surface area (Å²) in [5, 5.41) is 16.0. The minimum Gasteiger partial charge on any atom is -0.491 e. The van der Waals surface area contributed by atoms with Gasteiger partial charge in [0, 0.05) is 42.0 Å². The number of para-hydroxylation sites is 1. The van der Waals surface area contributed by atoms with Gasteiger partial charge in [0.1, 0.15) is 36.0 Å². The number of aliphatic hydroxyl groups excluding tert-OH is 1. The lowest BCUT2D eigenvalue weighted by Crippen LogP contribution is -2.57. The van der Waals surface area contributed by atoms with E-state index >= 15 is 19.2 Å². The van der Waals surface area contributed by atoms with Crippen molar-refractivity contribution in [2.75, 3.05) is 76.0 Å². The number of imide groups is 1. The lowest BCUT2D eigenvalue weighted by molar-refractivity contribution is -0.178. The average molecular weight is 1080 g/mol. The number of urea groups is 1. The molecule has 5 aromatic carbocycles. The summed E-state index contributed by atoms with van der Waals surface area (Å²) in [5.74, 6) is -2.74. The summed E-state index contributed by atoms with van der Waals surface area (Å²) in [6.45, 7) is 5.19. The molecule has 5 aromatic rings. The van der Waals surface area contributed by atoms with Crippen LogP contribution in [-0.2, 0) is 57.9 Å². The van der Waals surface area contributed by atoms with Crippen LogP contribution in [0.15, 0.2) is 127 Å². The van der Waals surface area contributed by atoms with Gasteiger partial charge in [0.15, 0.2) is 5.92 Å². The van der Waals surface area contributed by atoms with Crippen molar-refractivity contribution in [1.29, 1.82) is 0 Å². The molecule has 1 spiro atoms. The van der Waals surface area contributed by atoms with E-state index in [0.29, 0.717) is 48.7 Å². The zero-order valence-electron chi connectivity index (χ0n) is 44.3.